The molecule has 14 heavy (non-hydrogen) atoms. The number of fused-ring (bicyclic) bond motifs is 1. The number of hydrogen-bond donors (Lipinski definition) is 0. The van der Waals surface area contributed by atoms with Crippen LogP contribution >= 0.6 is 0 Å². The molecule has 0 spiro atoms. The molecule has 0 bridgehead atoms. The third-order valence-electron chi connectivity index (χ3n) is 2.88. The lowest BCUT2D eigenvalue weighted by molar-refractivity contribution is 1.20. The van der Waals surface area contributed by atoms with Crippen LogP contribution in [0.15, 0.2) is 23.8 Å². The molecule has 0 amide bonds. The Morgan fingerprint density at radius 1 is 1.14 bits per heavy atom. The average Bonchev–Trinajstić information content (AvgIpc) is 2.41. The Morgan fingerprint density at radius 3 is 2.50 bits per heavy atom. The SMILES string of the molecule is CC1=Cc2ccc([Si](C)(C)C)cc2C1. The van der Waals surface area contributed by atoms with Crippen LogP contribution in [0.2, 0.25) is 19.6 Å². The smallest absolute Gasteiger partial charge is 0.0683 e. The van der Waals surface area contributed by atoms with Gasteiger partial charge in [0.15, 0.2) is 0 Å². The molecule has 1 aromatic carbocycles. The second-order valence-electron chi connectivity index (χ2n) is 5.33. The zero-order valence-electron chi connectivity index (χ0n) is 9.52. The molecule has 0 saturated carbocycles. The highest BCUT2D eigenvalue weighted by Crippen LogP contribution is 2.24. The summed E-state index contributed by atoms with van der Waals surface area (Å²) in [4.78, 5) is 0. The molecular weight excluding hydrogens is 184 g/mol. The molecule has 0 radical (unpaired) electrons. The van der Waals surface area contributed by atoms with Crippen molar-refractivity contribution in [3.8, 4) is 0 Å². The predicted molar refractivity (Wildman–Crippen MR) is 66.8 cm³/mol. The highest BCUT2D eigenvalue weighted by atomic mass is 28.3. The van der Waals surface area contributed by atoms with E-state index >= 15 is 0 Å². The molecule has 1 heteroatoms. The van der Waals surface area contributed by atoms with Crippen LogP contribution in [-0.4, -0.2) is 8.07 Å². The van der Waals surface area contributed by atoms with E-state index in [1.807, 2.05) is 0 Å². The molecular formula is C13H18Si. The summed E-state index contributed by atoms with van der Waals surface area (Å²) >= 11 is 0. The van der Waals surface area contributed by atoms with E-state index in [0.29, 0.717) is 0 Å². The van der Waals surface area contributed by atoms with Gasteiger partial charge in [0.25, 0.3) is 0 Å². The van der Waals surface area contributed by atoms with E-state index in [2.05, 4.69) is 50.8 Å². The molecule has 0 aromatic heterocycles. The lowest BCUT2D eigenvalue weighted by Gasteiger charge is -2.17. The van der Waals surface area contributed by atoms with Gasteiger partial charge >= 0.3 is 0 Å². The first-order valence-electron chi connectivity index (χ1n) is 5.27. The van der Waals surface area contributed by atoms with Crippen LogP contribution in [0.5, 0.6) is 0 Å². The Kier molecular flexibility index (Phi) is 2.15. The summed E-state index contributed by atoms with van der Waals surface area (Å²) < 4.78 is 0. The molecule has 0 fully saturated rings. The van der Waals surface area contributed by atoms with Gasteiger partial charge in [-0.15, -0.1) is 0 Å². The van der Waals surface area contributed by atoms with Gasteiger partial charge in [-0.3, -0.25) is 0 Å². The van der Waals surface area contributed by atoms with Gasteiger partial charge < -0.3 is 0 Å². The standard InChI is InChI=1S/C13H18Si/c1-10-7-11-5-6-13(14(2,3)4)9-12(11)8-10/h5-7,9H,8H2,1-4H3. The molecule has 1 aromatic rings. The maximum absolute atomic E-state index is 2.43. The van der Waals surface area contributed by atoms with E-state index in [9.17, 15) is 0 Å². The van der Waals surface area contributed by atoms with Gasteiger partial charge in [0.05, 0.1) is 8.07 Å². The average molecular weight is 202 g/mol. The topological polar surface area (TPSA) is 0 Å². The third-order valence-corrected chi connectivity index (χ3v) is 4.92. The lowest BCUT2D eigenvalue weighted by atomic mass is 10.1. The van der Waals surface area contributed by atoms with Crippen LogP contribution in [-0.2, 0) is 6.42 Å². The van der Waals surface area contributed by atoms with Crippen LogP contribution in [0.3, 0.4) is 0 Å². The molecule has 2 rings (SSSR count). The van der Waals surface area contributed by atoms with Crippen LogP contribution in [0.1, 0.15) is 18.1 Å². The van der Waals surface area contributed by atoms with Gasteiger partial charge in [-0.1, -0.05) is 54.7 Å². The minimum atomic E-state index is -1.12. The van der Waals surface area contributed by atoms with Gasteiger partial charge in [0, 0.05) is 0 Å². The summed E-state index contributed by atoms with van der Waals surface area (Å²) in [6.07, 6.45) is 3.47. The summed E-state index contributed by atoms with van der Waals surface area (Å²) in [7, 11) is -1.12. The van der Waals surface area contributed by atoms with Crippen molar-refractivity contribution in [3.63, 3.8) is 0 Å². The Bertz CT molecular complexity index is 394. The summed E-state index contributed by atoms with van der Waals surface area (Å²) in [5, 5.41) is 1.58. The summed E-state index contributed by atoms with van der Waals surface area (Å²) in [6.45, 7) is 9.44. The van der Waals surface area contributed by atoms with Crippen molar-refractivity contribution in [1.29, 1.82) is 0 Å². The van der Waals surface area contributed by atoms with E-state index < -0.39 is 8.07 Å². The molecule has 0 heterocycles. The Balaban J connectivity index is 2.42. The summed E-state index contributed by atoms with van der Waals surface area (Å²) in [5.74, 6) is 0. The number of allylic oxidation sites excluding steroid dienone is 1. The second kappa shape index (κ2) is 3.09. The Hall–Kier alpha value is -0.823. The van der Waals surface area contributed by atoms with Crippen molar-refractivity contribution >= 4 is 19.3 Å². The molecule has 1 aliphatic rings. The van der Waals surface area contributed by atoms with Gasteiger partial charge in [0.2, 0.25) is 0 Å². The van der Waals surface area contributed by atoms with Crippen molar-refractivity contribution < 1.29 is 0 Å². The van der Waals surface area contributed by atoms with E-state index in [0.717, 1.165) is 6.42 Å². The highest BCUT2D eigenvalue weighted by Gasteiger charge is 2.18. The Morgan fingerprint density at radius 2 is 1.86 bits per heavy atom. The fourth-order valence-corrected chi connectivity index (χ4v) is 3.17. The van der Waals surface area contributed by atoms with Crippen LogP contribution in [0.4, 0.5) is 0 Å². The molecule has 0 unspecified atom stereocenters. The largest absolute Gasteiger partial charge is 0.0776 e. The van der Waals surface area contributed by atoms with Crippen molar-refractivity contribution in [2.45, 2.75) is 33.0 Å². The number of hydrogen-bond acceptors (Lipinski definition) is 0. The molecule has 0 N–H and O–H groups in total. The van der Waals surface area contributed by atoms with Crippen molar-refractivity contribution in [3.05, 3.63) is 34.9 Å². The van der Waals surface area contributed by atoms with Crippen LogP contribution in [0.25, 0.3) is 6.08 Å². The van der Waals surface area contributed by atoms with Gasteiger partial charge in [0.1, 0.15) is 0 Å². The summed E-state index contributed by atoms with van der Waals surface area (Å²) in [6, 6.07) is 7.04. The van der Waals surface area contributed by atoms with E-state index in [1.54, 1.807) is 5.19 Å². The second-order valence-corrected chi connectivity index (χ2v) is 10.4. The molecule has 1 aliphatic carbocycles. The van der Waals surface area contributed by atoms with Crippen molar-refractivity contribution in [1.82, 2.24) is 0 Å². The molecule has 0 saturated heterocycles. The van der Waals surface area contributed by atoms with Gasteiger partial charge in [-0.2, -0.15) is 0 Å². The van der Waals surface area contributed by atoms with E-state index in [-0.39, 0.29) is 0 Å². The third kappa shape index (κ3) is 1.69. The van der Waals surface area contributed by atoms with Gasteiger partial charge in [-0.05, 0) is 24.5 Å². The number of rotatable bonds is 1. The first kappa shape index (κ1) is 9.72. The minimum absolute atomic E-state index is 1.12. The fourth-order valence-electron chi connectivity index (χ4n) is 1.98. The van der Waals surface area contributed by atoms with E-state index in [1.165, 1.54) is 16.7 Å². The van der Waals surface area contributed by atoms with Gasteiger partial charge in [-0.25, -0.2) is 0 Å². The lowest BCUT2D eigenvalue weighted by Crippen LogP contribution is -2.37. The zero-order chi connectivity index (χ0) is 10.3. The molecule has 0 nitrogen and oxygen atoms in total. The van der Waals surface area contributed by atoms with E-state index in [4.69, 9.17) is 0 Å². The fraction of sp³-hybridized carbons (Fsp3) is 0.385. The Labute approximate surface area is 87.7 Å². The quantitative estimate of drug-likeness (QED) is 0.614. The number of benzene rings is 1. The maximum Gasteiger partial charge on any atom is 0.0776 e. The highest BCUT2D eigenvalue weighted by molar-refractivity contribution is 6.88. The maximum atomic E-state index is 2.43. The molecule has 0 aliphatic heterocycles. The first-order valence-corrected chi connectivity index (χ1v) is 8.77. The van der Waals surface area contributed by atoms with Crippen molar-refractivity contribution in [2.75, 3.05) is 0 Å². The minimum Gasteiger partial charge on any atom is -0.0683 e. The first-order chi connectivity index (χ1) is 6.47. The van der Waals surface area contributed by atoms with Crippen LogP contribution in [0, 0.1) is 0 Å². The van der Waals surface area contributed by atoms with Crippen molar-refractivity contribution in [2.24, 2.45) is 0 Å². The normalized spacial score (nSPS) is 15.3. The summed E-state index contributed by atoms with van der Waals surface area (Å²) in [5.41, 5.74) is 4.46. The molecule has 0 atom stereocenters. The zero-order valence-corrected chi connectivity index (χ0v) is 10.5. The van der Waals surface area contributed by atoms with Crippen LogP contribution < -0.4 is 5.19 Å². The molecule has 74 valence electrons. The monoisotopic (exact) mass is 202 g/mol. The predicted octanol–water partition coefficient (Wildman–Crippen LogP) is 3.19.